The van der Waals surface area contributed by atoms with E-state index < -0.39 is 11.9 Å². The molecule has 3 N–H and O–H groups in total. The van der Waals surface area contributed by atoms with Crippen molar-refractivity contribution in [2.75, 3.05) is 25.5 Å². The Morgan fingerprint density at radius 3 is 2.16 bits per heavy atom. The van der Waals surface area contributed by atoms with Gasteiger partial charge in [0.1, 0.15) is 0 Å². The van der Waals surface area contributed by atoms with E-state index in [1.165, 1.54) is 11.8 Å². The van der Waals surface area contributed by atoms with Gasteiger partial charge < -0.3 is 20.4 Å². The van der Waals surface area contributed by atoms with Gasteiger partial charge in [0.05, 0.1) is 5.69 Å². The minimum atomic E-state index is -1.26. The predicted octanol–water partition coefficient (Wildman–Crippen LogP) is 5.29. The van der Waals surface area contributed by atoms with Crippen LogP contribution in [0.15, 0.2) is 41.3 Å². The van der Waals surface area contributed by atoms with Gasteiger partial charge >= 0.3 is 11.9 Å². The van der Waals surface area contributed by atoms with Gasteiger partial charge in [0.25, 0.3) is 0 Å². The molecule has 0 unspecified atom stereocenters. The molecular weight excluding hydrogens is 492 g/mol. The molecule has 1 aliphatic carbocycles. The van der Waals surface area contributed by atoms with E-state index >= 15 is 0 Å². The van der Waals surface area contributed by atoms with E-state index in [4.69, 9.17) is 10.2 Å². The average Bonchev–Trinajstić information content (AvgIpc) is 3.34. The van der Waals surface area contributed by atoms with Crippen LogP contribution in [0.2, 0.25) is 0 Å². The van der Waals surface area contributed by atoms with Gasteiger partial charge in [0.15, 0.2) is 5.12 Å². The lowest BCUT2D eigenvalue weighted by Gasteiger charge is -2.29. The van der Waals surface area contributed by atoms with Crippen molar-refractivity contribution < 1.29 is 29.4 Å². The summed E-state index contributed by atoms with van der Waals surface area (Å²) < 4.78 is 0. The van der Waals surface area contributed by atoms with Gasteiger partial charge in [-0.15, -0.1) is 0 Å². The highest BCUT2D eigenvalue weighted by atomic mass is 32.2. The number of carboxylic acid groups (broad SMARTS) is 2. The first-order valence-corrected chi connectivity index (χ1v) is 13.8. The topological polar surface area (TPSA) is 124 Å². The Hall–Kier alpha value is -2.65. The van der Waals surface area contributed by atoms with Crippen LogP contribution in [0.5, 0.6) is 0 Å². The van der Waals surface area contributed by atoms with E-state index in [9.17, 15) is 19.2 Å². The molecule has 204 valence electrons. The number of amides is 1. The Bertz CT molecular complexity index is 947. The molecule has 3 rings (SSSR count). The van der Waals surface area contributed by atoms with Crippen LogP contribution in [-0.4, -0.2) is 58.2 Å². The molecule has 0 spiro atoms. The van der Waals surface area contributed by atoms with Gasteiger partial charge in [-0.1, -0.05) is 38.8 Å². The highest BCUT2D eigenvalue weighted by Crippen LogP contribution is 2.44. The minimum Gasteiger partial charge on any atom is -0.478 e. The SMILES string of the molecule is CC(C)CCC1(C(=O)Nc2ccccc2SC(=O)C2CCN(C)CC2)CCCC1.O=C(O)/C=C/C(=O)O. The van der Waals surface area contributed by atoms with Gasteiger partial charge in [0.2, 0.25) is 5.91 Å². The third-order valence-corrected chi connectivity index (χ3v) is 8.12. The van der Waals surface area contributed by atoms with E-state index in [-0.39, 0.29) is 22.4 Å². The first-order chi connectivity index (χ1) is 17.5. The number of carboxylic acids is 2. The van der Waals surface area contributed by atoms with Gasteiger partial charge in [-0.2, -0.15) is 0 Å². The quantitative estimate of drug-likeness (QED) is 0.289. The Morgan fingerprint density at radius 1 is 1.05 bits per heavy atom. The maximum Gasteiger partial charge on any atom is 0.328 e. The summed E-state index contributed by atoms with van der Waals surface area (Å²) in [4.78, 5) is 48.4. The van der Waals surface area contributed by atoms with Gasteiger partial charge in [-0.25, -0.2) is 9.59 Å². The molecule has 1 amide bonds. The fraction of sp³-hybridized carbons (Fsp3) is 0.571. The summed E-state index contributed by atoms with van der Waals surface area (Å²) in [6.07, 6.45) is 9.24. The molecule has 1 saturated carbocycles. The lowest BCUT2D eigenvalue weighted by atomic mass is 9.79. The lowest BCUT2D eigenvalue weighted by Crippen LogP contribution is -2.34. The summed E-state index contributed by atoms with van der Waals surface area (Å²) in [6, 6.07) is 7.79. The number of piperidine rings is 1. The number of likely N-dealkylation sites (tertiary alicyclic amines) is 1. The maximum absolute atomic E-state index is 13.3. The standard InChI is InChI=1S/C24H36N2O2S.C4H4O4/c1-18(2)10-15-24(13-6-7-14-24)23(28)25-20-8-4-5-9-21(20)29-22(27)19-11-16-26(3)17-12-19;5-3(6)1-2-4(7)8/h4-5,8-9,18-19H,6-7,10-17H2,1-3H3,(H,25,28);1-2H,(H,5,6)(H,7,8)/b;2-1+. The molecule has 8 nitrogen and oxygen atoms in total. The van der Waals surface area contributed by atoms with E-state index in [1.54, 1.807) is 0 Å². The number of nitrogens with one attached hydrogen (secondary N) is 1. The van der Waals surface area contributed by atoms with Crippen LogP contribution in [0, 0.1) is 17.3 Å². The fourth-order valence-electron chi connectivity index (χ4n) is 4.70. The Labute approximate surface area is 223 Å². The Balaban J connectivity index is 0.000000521. The number of thioether (sulfide) groups is 1. The minimum absolute atomic E-state index is 0.118. The number of anilines is 1. The molecule has 1 aliphatic heterocycles. The predicted molar refractivity (Wildman–Crippen MR) is 146 cm³/mol. The first-order valence-electron chi connectivity index (χ1n) is 13.0. The number of carbonyl (C=O) groups excluding carboxylic acids is 2. The Morgan fingerprint density at radius 2 is 1.62 bits per heavy atom. The van der Waals surface area contributed by atoms with Crippen molar-refractivity contribution in [2.24, 2.45) is 17.3 Å². The van der Waals surface area contributed by atoms with Crippen LogP contribution in [-0.2, 0) is 19.2 Å². The summed E-state index contributed by atoms with van der Waals surface area (Å²) in [6.45, 7) is 6.41. The summed E-state index contributed by atoms with van der Waals surface area (Å²) in [7, 11) is 2.11. The number of carbonyl (C=O) groups is 4. The number of hydrogen-bond acceptors (Lipinski definition) is 6. The van der Waals surface area contributed by atoms with Crippen LogP contribution in [0.25, 0.3) is 0 Å². The van der Waals surface area contributed by atoms with Crippen molar-refractivity contribution in [1.82, 2.24) is 4.90 Å². The zero-order valence-electron chi connectivity index (χ0n) is 22.1. The number of aliphatic carboxylic acids is 2. The molecule has 1 heterocycles. The Kier molecular flexibility index (Phi) is 12.3. The molecule has 37 heavy (non-hydrogen) atoms. The van der Waals surface area contributed by atoms with E-state index in [0.29, 0.717) is 18.1 Å². The van der Waals surface area contributed by atoms with Gasteiger partial charge in [-0.05, 0) is 88.5 Å². The molecule has 0 aromatic heterocycles. The van der Waals surface area contributed by atoms with Crippen LogP contribution in [0.4, 0.5) is 5.69 Å². The van der Waals surface area contributed by atoms with Crippen molar-refractivity contribution in [3.05, 3.63) is 36.4 Å². The molecule has 1 saturated heterocycles. The number of nitrogens with zero attached hydrogens (tertiary/aromatic N) is 1. The summed E-state index contributed by atoms with van der Waals surface area (Å²) in [5.41, 5.74) is 0.555. The summed E-state index contributed by atoms with van der Waals surface area (Å²) in [5, 5.41) is 19.1. The zero-order valence-corrected chi connectivity index (χ0v) is 22.9. The smallest absolute Gasteiger partial charge is 0.328 e. The van der Waals surface area contributed by atoms with Crippen molar-refractivity contribution in [3.8, 4) is 0 Å². The van der Waals surface area contributed by atoms with Crippen LogP contribution in [0.1, 0.15) is 65.2 Å². The van der Waals surface area contributed by atoms with E-state index in [1.807, 2.05) is 24.3 Å². The molecule has 9 heteroatoms. The van der Waals surface area contributed by atoms with Crippen LogP contribution >= 0.6 is 11.8 Å². The van der Waals surface area contributed by atoms with Gasteiger partial charge in [-0.3, -0.25) is 9.59 Å². The third-order valence-electron chi connectivity index (χ3n) is 7.01. The molecule has 2 fully saturated rings. The average molecular weight is 533 g/mol. The molecular formula is C28H40N2O6S. The van der Waals surface area contributed by atoms with Crippen molar-refractivity contribution >= 4 is 40.4 Å². The third kappa shape index (κ3) is 10.3. The molecule has 2 aliphatic rings. The lowest BCUT2D eigenvalue weighted by molar-refractivity contribution is -0.134. The number of benzene rings is 1. The monoisotopic (exact) mass is 532 g/mol. The molecule has 1 aromatic carbocycles. The number of hydrogen-bond donors (Lipinski definition) is 3. The maximum atomic E-state index is 13.3. The molecule has 0 atom stereocenters. The largest absolute Gasteiger partial charge is 0.478 e. The zero-order chi connectivity index (χ0) is 27.4. The van der Waals surface area contributed by atoms with Crippen LogP contribution in [0.3, 0.4) is 0 Å². The van der Waals surface area contributed by atoms with Crippen molar-refractivity contribution in [2.45, 2.75) is 70.1 Å². The second kappa shape index (κ2) is 14.9. The molecule has 0 bridgehead atoms. The second-order valence-electron chi connectivity index (χ2n) is 10.4. The summed E-state index contributed by atoms with van der Waals surface area (Å²) in [5.74, 6) is -1.64. The normalized spacial score (nSPS) is 17.8. The summed E-state index contributed by atoms with van der Waals surface area (Å²) >= 11 is 1.31. The first kappa shape index (κ1) is 30.6. The molecule has 0 radical (unpaired) electrons. The molecule has 1 aromatic rings. The number of para-hydroxylation sites is 1. The second-order valence-corrected chi connectivity index (χ2v) is 11.4. The highest BCUT2D eigenvalue weighted by molar-refractivity contribution is 8.13. The fourth-order valence-corrected chi connectivity index (χ4v) is 5.69. The van der Waals surface area contributed by atoms with Crippen LogP contribution < -0.4 is 5.32 Å². The highest BCUT2D eigenvalue weighted by Gasteiger charge is 2.41. The van der Waals surface area contributed by atoms with E-state index in [2.05, 4.69) is 31.1 Å². The van der Waals surface area contributed by atoms with E-state index in [0.717, 1.165) is 75.0 Å². The van der Waals surface area contributed by atoms with Gasteiger partial charge in [0, 0.05) is 28.4 Å². The number of rotatable bonds is 9. The van der Waals surface area contributed by atoms with Crippen molar-refractivity contribution in [1.29, 1.82) is 0 Å². The van der Waals surface area contributed by atoms with Crippen molar-refractivity contribution in [3.63, 3.8) is 0 Å².